The van der Waals surface area contributed by atoms with Crippen LogP contribution < -0.4 is 0 Å². The molecule has 0 aliphatic carbocycles. The van der Waals surface area contributed by atoms with E-state index in [1.807, 2.05) is 41.1 Å². The van der Waals surface area contributed by atoms with Crippen LogP contribution >= 0.6 is 11.3 Å². The SMILES string of the molecule is COC(=O)Cc1nc(-c2ccc3occc3c2)oc1-c1ccsc1. The number of ether oxygens (including phenoxy) is 1. The Morgan fingerprint density at radius 1 is 1.25 bits per heavy atom. The van der Waals surface area contributed by atoms with Gasteiger partial charge in [-0.25, -0.2) is 4.98 Å². The van der Waals surface area contributed by atoms with Gasteiger partial charge in [-0.1, -0.05) is 0 Å². The number of rotatable bonds is 4. The molecule has 4 aromatic rings. The highest BCUT2D eigenvalue weighted by Gasteiger charge is 2.19. The van der Waals surface area contributed by atoms with Crippen molar-refractivity contribution in [3.8, 4) is 22.8 Å². The van der Waals surface area contributed by atoms with Gasteiger partial charge in [-0.3, -0.25) is 4.79 Å². The van der Waals surface area contributed by atoms with Crippen LogP contribution in [0.3, 0.4) is 0 Å². The number of methoxy groups -OCH3 is 1. The number of carbonyl (C=O) groups is 1. The molecule has 6 heteroatoms. The Bertz CT molecular complexity index is 997. The Morgan fingerprint density at radius 3 is 2.96 bits per heavy atom. The molecule has 0 fully saturated rings. The molecule has 0 unspecified atom stereocenters. The maximum absolute atomic E-state index is 11.7. The van der Waals surface area contributed by atoms with Gasteiger partial charge in [-0.2, -0.15) is 11.3 Å². The summed E-state index contributed by atoms with van der Waals surface area (Å²) in [5, 5.41) is 4.89. The zero-order chi connectivity index (χ0) is 16.5. The Labute approximate surface area is 141 Å². The number of fused-ring (bicyclic) bond motifs is 1. The van der Waals surface area contributed by atoms with Crippen LogP contribution in [0.25, 0.3) is 33.7 Å². The molecule has 0 amide bonds. The topological polar surface area (TPSA) is 65.5 Å². The van der Waals surface area contributed by atoms with Gasteiger partial charge in [0.05, 0.1) is 25.5 Å². The molecule has 0 atom stereocenters. The number of aromatic nitrogens is 1. The van der Waals surface area contributed by atoms with Crippen molar-refractivity contribution in [2.75, 3.05) is 7.11 Å². The number of benzene rings is 1. The standard InChI is InChI=1S/C18H13NO4S/c1-21-16(20)9-14-17(13-5-7-24-10-13)23-18(19-14)12-2-3-15-11(8-12)4-6-22-15/h2-8,10H,9H2,1H3. The number of carbonyl (C=O) groups excluding carboxylic acids is 1. The molecule has 0 spiro atoms. The summed E-state index contributed by atoms with van der Waals surface area (Å²) in [6, 6.07) is 9.53. The van der Waals surface area contributed by atoms with Gasteiger partial charge < -0.3 is 13.6 Å². The monoisotopic (exact) mass is 339 g/mol. The van der Waals surface area contributed by atoms with E-state index in [0.717, 1.165) is 22.1 Å². The molecule has 0 saturated carbocycles. The van der Waals surface area contributed by atoms with Gasteiger partial charge in [-0.15, -0.1) is 0 Å². The second-order valence-corrected chi connectivity index (χ2v) is 6.01. The van der Waals surface area contributed by atoms with E-state index in [0.29, 0.717) is 17.3 Å². The van der Waals surface area contributed by atoms with Crippen molar-refractivity contribution in [3.05, 3.63) is 53.0 Å². The number of oxazole rings is 1. The van der Waals surface area contributed by atoms with Gasteiger partial charge in [0, 0.05) is 21.9 Å². The van der Waals surface area contributed by atoms with Gasteiger partial charge in [0.15, 0.2) is 5.76 Å². The van der Waals surface area contributed by atoms with Crippen molar-refractivity contribution < 1.29 is 18.4 Å². The first kappa shape index (κ1) is 14.7. The number of furan rings is 1. The minimum Gasteiger partial charge on any atom is -0.469 e. The van der Waals surface area contributed by atoms with Crippen molar-refractivity contribution in [3.63, 3.8) is 0 Å². The average Bonchev–Trinajstić information content (AvgIpc) is 3.33. The Balaban J connectivity index is 1.80. The summed E-state index contributed by atoms with van der Waals surface area (Å²) in [5.74, 6) is 0.721. The summed E-state index contributed by atoms with van der Waals surface area (Å²) in [5.41, 5.74) is 3.11. The normalized spacial score (nSPS) is 11.0. The summed E-state index contributed by atoms with van der Waals surface area (Å²) in [6.07, 6.45) is 1.71. The van der Waals surface area contributed by atoms with Crippen molar-refractivity contribution in [1.29, 1.82) is 0 Å². The maximum atomic E-state index is 11.7. The Kier molecular flexibility index (Phi) is 3.66. The maximum Gasteiger partial charge on any atom is 0.311 e. The van der Waals surface area contributed by atoms with E-state index < -0.39 is 0 Å². The number of hydrogen-bond donors (Lipinski definition) is 0. The number of nitrogens with zero attached hydrogens (tertiary/aromatic N) is 1. The van der Waals surface area contributed by atoms with E-state index in [1.165, 1.54) is 7.11 Å². The lowest BCUT2D eigenvalue weighted by Crippen LogP contribution is -2.05. The fourth-order valence-electron chi connectivity index (χ4n) is 2.52. The molecule has 5 nitrogen and oxygen atoms in total. The van der Waals surface area contributed by atoms with Gasteiger partial charge in [0.2, 0.25) is 5.89 Å². The van der Waals surface area contributed by atoms with Crippen molar-refractivity contribution in [1.82, 2.24) is 4.98 Å². The highest BCUT2D eigenvalue weighted by atomic mass is 32.1. The molecule has 4 rings (SSSR count). The Hall–Kier alpha value is -2.86. The molecule has 120 valence electrons. The first-order valence-electron chi connectivity index (χ1n) is 7.31. The lowest BCUT2D eigenvalue weighted by atomic mass is 10.1. The molecule has 0 aliphatic heterocycles. The van der Waals surface area contributed by atoms with Crippen LogP contribution in [-0.4, -0.2) is 18.1 Å². The van der Waals surface area contributed by atoms with E-state index >= 15 is 0 Å². The van der Waals surface area contributed by atoms with Gasteiger partial charge in [-0.05, 0) is 35.7 Å². The van der Waals surface area contributed by atoms with Crippen LogP contribution in [0, 0.1) is 0 Å². The molecule has 0 N–H and O–H groups in total. The van der Waals surface area contributed by atoms with Crippen LogP contribution in [0.4, 0.5) is 0 Å². The number of thiophene rings is 1. The van der Waals surface area contributed by atoms with Crippen LogP contribution in [-0.2, 0) is 16.0 Å². The summed E-state index contributed by atoms with van der Waals surface area (Å²) in [7, 11) is 1.36. The molecular formula is C18H13NO4S. The van der Waals surface area contributed by atoms with E-state index in [4.69, 9.17) is 13.6 Å². The minimum atomic E-state index is -0.350. The van der Waals surface area contributed by atoms with Crippen molar-refractivity contribution in [2.24, 2.45) is 0 Å². The zero-order valence-electron chi connectivity index (χ0n) is 12.8. The van der Waals surface area contributed by atoms with E-state index in [2.05, 4.69) is 4.98 Å². The summed E-state index contributed by atoms with van der Waals surface area (Å²) in [6.45, 7) is 0. The second-order valence-electron chi connectivity index (χ2n) is 5.23. The first-order chi connectivity index (χ1) is 11.7. The molecule has 3 heterocycles. The van der Waals surface area contributed by atoms with Crippen LogP contribution in [0.1, 0.15) is 5.69 Å². The summed E-state index contributed by atoms with van der Waals surface area (Å²) < 4.78 is 16.1. The fourth-order valence-corrected chi connectivity index (χ4v) is 3.16. The molecule has 0 aliphatic rings. The predicted molar refractivity (Wildman–Crippen MR) is 90.7 cm³/mol. The lowest BCUT2D eigenvalue weighted by Gasteiger charge is -1.97. The van der Waals surface area contributed by atoms with Gasteiger partial charge >= 0.3 is 5.97 Å². The largest absolute Gasteiger partial charge is 0.469 e. The minimum absolute atomic E-state index is 0.0686. The molecule has 0 radical (unpaired) electrons. The third-order valence-electron chi connectivity index (χ3n) is 3.72. The van der Waals surface area contributed by atoms with Crippen molar-refractivity contribution in [2.45, 2.75) is 6.42 Å². The third kappa shape index (κ3) is 2.61. The quantitative estimate of drug-likeness (QED) is 0.511. The lowest BCUT2D eigenvalue weighted by molar-refractivity contribution is -0.139. The fraction of sp³-hybridized carbons (Fsp3) is 0.111. The average molecular weight is 339 g/mol. The first-order valence-corrected chi connectivity index (χ1v) is 8.25. The van der Waals surface area contributed by atoms with E-state index in [-0.39, 0.29) is 12.4 Å². The second kappa shape index (κ2) is 5.98. The molecule has 1 aromatic carbocycles. The van der Waals surface area contributed by atoms with E-state index in [9.17, 15) is 4.79 Å². The molecular weight excluding hydrogens is 326 g/mol. The highest BCUT2D eigenvalue weighted by Crippen LogP contribution is 2.32. The van der Waals surface area contributed by atoms with Gasteiger partial charge in [0.25, 0.3) is 0 Å². The highest BCUT2D eigenvalue weighted by molar-refractivity contribution is 7.08. The van der Waals surface area contributed by atoms with Crippen LogP contribution in [0.5, 0.6) is 0 Å². The third-order valence-corrected chi connectivity index (χ3v) is 4.40. The predicted octanol–water partition coefficient (Wildman–Crippen LogP) is 4.53. The molecule has 0 saturated heterocycles. The number of hydrogen-bond acceptors (Lipinski definition) is 6. The zero-order valence-corrected chi connectivity index (χ0v) is 13.6. The van der Waals surface area contributed by atoms with Crippen molar-refractivity contribution >= 4 is 28.3 Å². The van der Waals surface area contributed by atoms with Gasteiger partial charge in [0.1, 0.15) is 5.58 Å². The van der Waals surface area contributed by atoms with E-state index in [1.54, 1.807) is 17.6 Å². The van der Waals surface area contributed by atoms with Crippen LogP contribution in [0.15, 0.2) is 56.2 Å². The summed E-state index contributed by atoms with van der Waals surface area (Å²) >= 11 is 1.56. The molecule has 24 heavy (non-hydrogen) atoms. The smallest absolute Gasteiger partial charge is 0.311 e. The summed E-state index contributed by atoms with van der Waals surface area (Å²) in [4.78, 5) is 16.2. The Morgan fingerprint density at radius 2 is 2.17 bits per heavy atom. The van der Waals surface area contributed by atoms with Crippen LogP contribution in [0.2, 0.25) is 0 Å². The molecule has 3 aromatic heterocycles. The number of esters is 1. The molecule has 0 bridgehead atoms.